The van der Waals surface area contributed by atoms with E-state index >= 15 is 0 Å². The van der Waals surface area contributed by atoms with Crippen molar-refractivity contribution in [3.63, 3.8) is 0 Å². The average Bonchev–Trinajstić information content (AvgIpc) is 3.64. The van der Waals surface area contributed by atoms with Gasteiger partial charge in [0.05, 0.1) is 16.8 Å². The fourth-order valence-electron chi connectivity index (χ4n) is 5.58. The van der Waals surface area contributed by atoms with Gasteiger partial charge >= 0.3 is 5.97 Å². The number of thiazole rings is 2. The van der Waals surface area contributed by atoms with Gasteiger partial charge in [0.2, 0.25) is 0 Å². The molecule has 2 aromatic heterocycles. The van der Waals surface area contributed by atoms with E-state index in [9.17, 15) is 14.3 Å². The molecule has 2 aliphatic rings. The van der Waals surface area contributed by atoms with Crippen molar-refractivity contribution in [2.24, 2.45) is 0 Å². The molecular formula is C32H36FN7O3S2. The molecule has 0 saturated heterocycles. The fourth-order valence-corrected chi connectivity index (χ4v) is 7.57. The average molecular weight is 650 g/mol. The van der Waals surface area contributed by atoms with E-state index < -0.39 is 5.97 Å². The minimum Gasteiger partial charge on any atom is -0.491 e. The molecule has 236 valence electrons. The number of hydrazine groups is 1. The third-order valence-corrected chi connectivity index (χ3v) is 9.73. The summed E-state index contributed by atoms with van der Waals surface area (Å²) in [4.78, 5) is 24.2. The molecule has 2 aliphatic heterocycles. The maximum Gasteiger partial charge on any atom is 0.355 e. The van der Waals surface area contributed by atoms with Crippen LogP contribution in [-0.4, -0.2) is 59.8 Å². The summed E-state index contributed by atoms with van der Waals surface area (Å²) < 4.78 is 21.4. The lowest BCUT2D eigenvalue weighted by molar-refractivity contribution is 0.0690. The zero-order chi connectivity index (χ0) is 31.3. The van der Waals surface area contributed by atoms with Gasteiger partial charge in [-0.1, -0.05) is 29.5 Å². The van der Waals surface area contributed by atoms with E-state index in [0.717, 1.165) is 76.9 Å². The van der Waals surface area contributed by atoms with Gasteiger partial charge in [0.15, 0.2) is 27.5 Å². The first kappa shape index (κ1) is 30.8. The number of fused-ring (bicyclic) bond motifs is 1. The highest BCUT2D eigenvalue weighted by molar-refractivity contribution is 7.22. The van der Waals surface area contributed by atoms with Crippen molar-refractivity contribution in [1.29, 1.82) is 0 Å². The number of nitrogens with one attached hydrogen (secondary N) is 3. The topological polar surface area (TPSA) is 115 Å². The molecule has 0 unspecified atom stereocenters. The lowest BCUT2D eigenvalue weighted by Crippen LogP contribution is -2.47. The summed E-state index contributed by atoms with van der Waals surface area (Å²) in [6, 6.07) is 13.1. The molecule has 6 rings (SSSR count). The highest BCUT2D eigenvalue weighted by atomic mass is 32.1. The van der Waals surface area contributed by atoms with Crippen LogP contribution in [0.15, 0.2) is 65.8 Å². The third-order valence-electron chi connectivity index (χ3n) is 7.64. The van der Waals surface area contributed by atoms with Crippen molar-refractivity contribution < 1.29 is 19.0 Å². The molecule has 0 radical (unpaired) electrons. The van der Waals surface area contributed by atoms with E-state index in [4.69, 9.17) is 4.74 Å². The highest BCUT2D eigenvalue weighted by Crippen LogP contribution is 2.37. The van der Waals surface area contributed by atoms with Crippen LogP contribution >= 0.6 is 22.7 Å². The molecule has 13 heteroatoms. The van der Waals surface area contributed by atoms with Gasteiger partial charge in [-0.05, 0) is 93.6 Å². The summed E-state index contributed by atoms with van der Waals surface area (Å²) in [5, 5.41) is 19.8. The molecule has 10 nitrogen and oxygen atoms in total. The number of aromatic carboxylic acids is 1. The van der Waals surface area contributed by atoms with Crippen molar-refractivity contribution >= 4 is 49.1 Å². The van der Waals surface area contributed by atoms with Gasteiger partial charge in [-0.3, -0.25) is 10.4 Å². The summed E-state index contributed by atoms with van der Waals surface area (Å²) in [5.41, 5.74) is 6.46. The number of carboxylic acids is 1. The van der Waals surface area contributed by atoms with Crippen LogP contribution in [0.4, 0.5) is 14.7 Å². The van der Waals surface area contributed by atoms with Crippen molar-refractivity contribution in [2.45, 2.75) is 38.5 Å². The number of hydrogen-bond donors (Lipinski definition) is 4. The largest absolute Gasteiger partial charge is 0.491 e. The van der Waals surface area contributed by atoms with Gasteiger partial charge in [0.25, 0.3) is 0 Å². The van der Waals surface area contributed by atoms with E-state index in [1.54, 1.807) is 17.4 Å². The highest BCUT2D eigenvalue weighted by Gasteiger charge is 2.31. The van der Waals surface area contributed by atoms with E-state index in [1.165, 1.54) is 17.4 Å². The minimum absolute atomic E-state index is 0.0555. The lowest BCUT2D eigenvalue weighted by Gasteiger charge is -2.40. The Hall–Kier alpha value is -4.20. The Morgan fingerprint density at radius 1 is 1.16 bits per heavy atom. The van der Waals surface area contributed by atoms with Crippen LogP contribution in [0, 0.1) is 5.82 Å². The van der Waals surface area contributed by atoms with Crippen LogP contribution < -0.4 is 25.7 Å². The summed E-state index contributed by atoms with van der Waals surface area (Å²) in [7, 11) is 3.84. The van der Waals surface area contributed by atoms with Crippen molar-refractivity contribution in [3.05, 3.63) is 87.7 Å². The summed E-state index contributed by atoms with van der Waals surface area (Å²) in [5.74, 6) is 0.540. The molecule has 0 spiro atoms. The number of nitrogens with zero attached hydrogens (tertiary/aromatic N) is 4. The predicted octanol–water partition coefficient (Wildman–Crippen LogP) is 5.97. The molecule has 0 amide bonds. The number of para-hydroxylation sites is 1. The van der Waals surface area contributed by atoms with Gasteiger partial charge < -0.3 is 25.4 Å². The van der Waals surface area contributed by atoms with Crippen LogP contribution in [0.2, 0.25) is 0 Å². The van der Waals surface area contributed by atoms with Crippen molar-refractivity contribution in [3.8, 4) is 5.75 Å². The molecule has 0 fully saturated rings. The molecule has 45 heavy (non-hydrogen) atoms. The van der Waals surface area contributed by atoms with Gasteiger partial charge in [0, 0.05) is 18.5 Å². The SMILES string of the molecule is CNCCCc1ccc(OCCCc2sc(N3CCCC4=C3N(C)NC(Nc3nc5ccccc5s3)=C4)nc2C(=O)O)c(F)c1. The molecule has 0 saturated carbocycles. The minimum atomic E-state index is -1.06. The van der Waals surface area contributed by atoms with Crippen molar-refractivity contribution in [2.75, 3.05) is 44.0 Å². The molecular weight excluding hydrogens is 614 g/mol. The summed E-state index contributed by atoms with van der Waals surface area (Å²) >= 11 is 2.98. The Bertz CT molecular complexity index is 1720. The molecule has 0 aliphatic carbocycles. The number of allylic oxidation sites excluding steroid dienone is 2. The zero-order valence-corrected chi connectivity index (χ0v) is 26.9. The number of hydrogen-bond acceptors (Lipinski definition) is 11. The Kier molecular flexibility index (Phi) is 9.47. The Balaban J connectivity index is 1.12. The first-order valence-corrected chi connectivity index (χ1v) is 16.7. The summed E-state index contributed by atoms with van der Waals surface area (Å²) in [6.07, 6.45) is 6.61. The van der Waals surface area contributed by atoms with Crippen LogP contribution in [0.5, 0.6) is 5.75 Å². The molecule has 0 atom stereocenters. The summed E-state index contributed by atoms with van der Waals surface area (Å²) in [6.45, 7) is 1.87. The number of rotatable bonds is 13. The monoisotopic (exact) mass is 649 g/mol. The third kappa shape index (κ3) is 7.05. The van der Waals surface area contributed by atoms with E-state index in [1.807, 2.05) is 43.4 Å². The van der Waals surface area contributed by atoms with Gasteiger partial charge in [-0.15, -0.1) is 11.3 Å². The fraction of sp³-hybridized carbons (Fsp3) is 0.344. The molecule has 4 heterocycles. The number of aromatic nitrogens is 2. The Morgan fingerprint density at radius 3 is 2.82 bits per heavy atom. The number of halogens is 1. The number of ether oxygens (including phenoxy) is 1. The number of carboxylic acid groups (broad SMARTS) is 1. The number of aryl methyl sites for hydroxylation is 2. The lowest BCUT2D eigenvalue weighted by atomic mass is 10.0. The van der Waals surface area contributed by atoms with Gasteiger partial charge in [-0.2, -0.15) is 0 Å². The number of benzene rings is 2. The van der Waals surface area contributed by atoms with Crippen molar-refractivity contribution in [1.82, 2.24) is 25.7 Å². The second kappa shape index (κ2) is 13.8. The van der Waals surface area contributed by atoms with Gasteiger partial charge in [0.1, 0.15) is 11.6 Å². The Morgan fingerprint density at radius 2 is 2.02 bits per heavy atom. The molecule has 4 aromatic rings. The Labute approximate surface area is 269 Å². The van der Waals surface area contributed by atoms with Crippen LogP contribution in [-0.2, 0) is 12.8 Å². The molecule has 4 N–H and O–H groups in total. The first-order valence-electron chi connectivity index (χ1n) is 15.0. The molecule has 2 aromatic carbocycles. The van der Waals surface area contributed by atoms with Crippen LogP contribution in [0.3, 0.4) is 0 Å². The van der Waals surface area contributed by atoms with E-state index in [0.29, 0.717) is 22.9 Å². The quantitative estimate of drug-likeness (QED) is 0.129. The van der Waals surface area contributed by atoms with Gasteiger partial charge in [-0.25, -0.2) is 19.2 Å². The van der Waals surface area contributed by atoms with E-state index in [2.05, 4.69) is 43.1 Å². The second-order valence-corrected chi connectivity index (χ2v) is 13.0. The maximum atomic E-state index is 14.6. The number of carbonyl (C=O) groups is 1. The van der Waals surface area contributed by atoms with Crippen LogP contribution in [0.25, 0.3) is 10.2 Å². The first-order chi connectivity index (χ1) is 21.9. The smallest absolute Gasteiger partial charge is 0.355 e. The van der Waals surface area contributed by atoms with E-state index in [-0.39, 0.29) is 23.9 Å². The zero-order valence-electron chi connectivity index (χ0n) is 25.2. The second-order valence-electron chi connectivity index (χ2n) is 10.9. The van der Waals surface area contributed by atoms with Crippen LogP contribution in [0.1, 0.15) is 46.6 Å². The number of anilines is 2. The normalized spacial score (nSPS) is 14.8. The predicted molar refractivity (Wildman–Crippen MR) is 177 cm³/mol. The maximum absolute atomic E-state index is 14.6. The standard InChI is InChI=1S/C32H36FN7O3S2/c1-34-15-5-8-20-13-14-24(22(33)18-20)43-17-7-12-26-28(30(41)42)37-32(45-26)40-16-6-9-21-19-27(38-39(2)29(21)40)36-31-35-23-10-3-4-11-25(23)44-31/h3-4,10-11,13-14,18-19,34,38H,5-9,12,15-17H2,1-2H3,(H,35,36)(H,41,42). The molecule has 0 bridgehead atoms.